The van der Waals surface area contributed by atoms with Crippen LogP contribution in [0.4, 0.5) is 4.79 Å². The number of urea groups is 1. The van der Waals surface area contributed by atoms with Crippen molar-refractivity contribution in [2.45, 2.75) is 26.8 Å². The molecule has 0 spiro atoms. The Bertz CT molecular complexity index is 297. The number of rotatable bonds is 4. The molecule has 0 aliphatic carbocycles. The fourth-order valence-electron chi connectivity index (χ4n) is 0.782. The van der Waals surface area contributed by atoms with E-state index in [1.807, 2.05) is 5.32 Å². The van der Waals surface area contributed by atoms with Crippen molar-refractivity contribution >= 4 is 17.9 Å². The number of nitrogens with one attached hydrogen (secondary N) is 2. The Morgan fingerprint density at radius 1 is 1.31 bits per heavy atom. The summed E-state index contributed by atoms with van der Waals surface area (Å²) >= 11 is 0. The van der Waals surface area contributed by atoms with Crippen molar-refractivity contribution in [3.63, 3.8) is 0 Å². The minimum absolute atomic E-state index is 0.0709. The zero-order valence-electron chi connectivity index (χ0n) is 9.57. The summed E-state index contributed by atoms with van der Waals surface area (Å²) in [4.78, 5) is 32.9. The fourth-order valence-corrected chi connectivity index (χ4v) is 0.782. The van der Waals surface area contributed by atoms with E-state index in [4.69, 9.17) is 0 Å². The molecule has 2 N–H and O–H groups in total. The molecule has 0 rings (SSSR count). The molecule has 0 aliphatic rings. The van der Waals surface area contributed by atoms with Crippen LogP contribution in [-0.4, -0.2) is 30.6 Å². The molecule has 0 atom stereocenters. The molecule has 0 saturated heterocycles. The van der Waals surface area contributed by atoms with E-state index >= 15 is 0 Å². The molecule has 0 saturated carbocycles. The number of amides is 3. The van der Waals surface area contributed by atoms with E-state index in [1.54, 1.807) is 20.8 Å². The van der Waals surface area contributed by atoms with Gasteiger partial charge in [-0.1, -0.05) is 6.08 Å². The average Bonchev–Trinajstić information content (AvgIpc) is 2.13. The van der Waals surface area contributed by atoms with Gasteiger partial charge in [0.25, 0.3) is 5.91 Å². The summed E-state index contributed by atoms with van der Waals surface area (Å²) in [6.45, 7) is 4.69. The number of ether oxygens (including phenoxy) is 1. The van der Waals surface area contributed by atoms with Crippen LogP contribution in [0.15, 0.2) is 12.2 Å². The lowest BCUT2D eigenvalue weighted by atomic mass is 10.4. The highest BCUT2D eigenvalue weighted by Crippen LogP contribution is 1.82. The van der Waals surface area contributed by atoms with Gasteiger partial charge >= 0.3 is 12.0 Å². The topological polar surface area (TPSA) is 84.5 Å². The molecule has 0 heterocycles. The van der Waals surface area contributed by atoms with Crippen LogP contribution in [-0.2, 0) is 14.3 Å². The maximum atomic E-state index is 11.1. The van der Waals surface area contributed by atoms with Gasteiger partial charge in [0.15, 0.2) is 6.61 Å². The number of esters is 1. The Morgan fingerprint density at radius 3 is 2.44 bits per heavy atom. The first-order valence-electron chi connectivity index (χ1n) is 4.85. The van der Waals surface area contributed by atoms with Crippen LogP contribution in [0.3, 0.4) is 0 Å². The van der Waals surface area contributed by atoms with Gasteiger partial charge in [0.05, 0.1) is 0 Å². The zero-order valence-corrected chi connectivity index (χ0v) is 9.57. The number of hydrogen-bond acceptors (Lipinski definition) is 4. The van der Waals surface area contributed by atoms with Crippen LogP contribution in [0.2, 0.25) is 0 Å². The molecule has 3 amide bonds. The second kappa shape index (κ2) is 7.44. The molecule has 0 aliphatic heterocycles. The van der Waals surface area contributed by atoms with E-state index in [2.05, 4.69) is 10.1 Å². The van der Waals surface area contributed by atoms with E-state index in [1.165, 1.54) is 12.2 Å². The van der Waals surface area contributed by atoms with Gasteiger partial charge in [-0.25, -0.2) is 9.59 Å². The normalized spacial score (nSPS) is 10.2. The number of hydrogen-bond donors (Lipinski definition) is 2. The molecule has 0 fully saturated rings. The summed E-state index contributed by atoms with van der Waals surface area (Å²) in [5.74, 6) is -1.29. The molecule has 0 aromatic heterocycles. The molecule has 90 valence electrons. The van der Waals surface area contributed by atoms with Gasteiger partial charge in [0.2, 0.25) is 0 Å². The van der Waals surface area contributed by atoms with Gasteiger partial charge in [-0.2, -0.15) is 0 Å². The predicted molar refractivity (Wildman–Crippen MR) is 57.6 cm³/mol. The van der Waals surface area contributed by atoms with E-state index in [9.17, 15) is 14.4 Å². The Labute approximate surface area is 94.0 Å². The first kappa shape index (κ1) is 14.2. The lowest BCUT2D eigenvalue weighted by Crippen LogP contribution is -2.43. The third kappa shape index (κ3) is 7.54. The molecule has 0 bridgehead atoms. The minimum Gasteiger partial charge on any atom is -0.452 e. The van der Waals surface area contributed by atoms with Crippen LogP contribution >= 0.6 is 0 Å². The molecule has 6 heteroatoms. The van der Waals surface area contributed by atoms with E-state index in [0.29, 0.717) is 0 Å². The molecule has 6 nitrogen and oxygen atoms in total. The van der Waals surface area contributed by atoms with Gasteiger partial charge < -0.3 is 10.1 Å². The third-order valence-corrected chi connectivity index (χ3v) is 1.32. The highest BCUT2D eigenvalue weighted by atomic mass is 16.5. The predicted octanol–water partition coefficient (Wildman–Crippen LogP) is 0.340. The van der Waals surface area contributed by atoms with Gasteiger partial charge in [0.1, 0.15) is 0 Å². The maximum absolute atomic E-state index is 11.1. The summed E-state index contributed by atoms with van der Waals surface area (Å²) < 4.78 is 4.53. The third-order valence-electron chi connectivity index (χ3n) is 1.32. The fraction of sp³-hybridized carbons (Fsp3) is 0.500. The van der Waals surface area contributed by atoms with Crippen LogP contribution in [0.25, 0.3) is 0 Å². The molecular formula is C10H16N2O4. The molecule has 0 aromatic rings. The first-order chi connectivity index (χ1) is 7.45. The van der Waals surface area contributed by atoms with Gasteiger partial charge in [-0.05, 0) is 20.8 Å². The lowest BCUT2D eigenvalue weighted by molar-refractivity contribution is -0.143. The Hall–Kier alpha value is -1.85. The van der Waals surface area contributed by atoms with Crippen molar-refractivity contribution < 1.29 is 19.1 Å². The van der Waals surface area contributed by atoms with Crippen molar-refractivity contribution in [2.75, 3.05) is 6.61 Å². The summed E-state index contributed by atoms with van der Waals surface area (Å²) in [7, 11) is 0. The number of imide groups is 1. The Balaban J connectivity index is 3.82. The highest BCUT2D eigenvalue weighted by molar-refractivity contribution is 5.96. The smallest absolute Gasteiger partial charge is 0.330 e. The lowest BCUT2D eigenvalue weighted by Gasteiger charge is -2.08. The summed E-state index contributed by atoms with van der Waals surface area (Å²) in [5.41, 5.74) is 0. The van der Waals surface area contributed by atoms with Gasteiger partial charge in [-0.15, -0.1) is 0 Å². The summed E-state index contributed by atoms with van der Waals surface area (Å²) in [5, 5.41) is 4.48. The Kier molecular flexibility index (Phi) is 6.58. The molecule has 0 unspecified atom stereocenters. The van der Waals surface area contributed by atoms with Crippen molar-refractivity contribution in [3.05, 3.63) is 12.2 Å². The standard InChI is InChI=1S/C10H16N2O4/c1-4-5-9(14)16-6-8(13)12-10(15)11-7(2)3/h4-5,7H,6H2,1-3H3,(H2,11,12,13,15). The number of allylic oxidation sites excluding steroid dienone is 1. The Morgan fingerprint density at radius 2 is 1.94 bits per heavy atom. The van der Waals surface area contributed by atoms with Crippen molar-refractivity contribution in [1.82, 2.24) is 10.6 Å². The van der Waals surface area contributed by atoms with Crippen molar-refractivity contribution in [1.29, 1.82) is 0 Å². The number of carbonyl (C=O) groups is 3. The molecule has 16 heavy (non-hydrogen) atoms. The summed E-state index contributed by atoms with van der Waals surface area (Å²) in [6.07, 6.45) is 2.67. The number of carbonyl (C=O) groups excluding carboxylic acids is 3. The minimum atomic E-state index is -0.670. The highest BCUT2D eigenvalue weighted by Gasteiger charge is 2.09. The summed E-state index contributed by atoms with van der Waals surface area (Å²) in [6, 6.07) is -0.680. The van der Waals surface area contributed by atoms with Crippen LogP contribution in [0, 0.1) is 0 Å². The first-order valence-corrected chi connectivity index (χ1v) is 4.85. The largest absolute Gasteiger partial charge is 0.452 e. The van der Waals surface area contributed by atoms with Crippen molar-refractivity contribution in [2.24, 2.45) is 0 Å². The van der Waals surface area contributed by atoms with Crippen molar-refractivity contribution in [3.8, 4) is 0 Å². The van der Waals surface area contributed by atoms with Crippen LogP contribution in [0.5, 0.6) is 0 Å². The van der Waals surface area contributed by atoms with Crippen LogP contribution in [0.1, 0.15) is 20.8 Å². The SMILES string of the molecule is CC=CC(=O)OCC(=O)NC(=O)NC(C)C. The molecule has 0 radical (unpaired) electrons. The maximum Gasteiger partial charge on any atom is 0.330 e. The second-order valence-electron chi connectivity index (χ2n) is 3.28. The van der Waals surface area contributed by atoms with Gasteiger partial charge in [0, 0.05) is 12.1 Å². The monoisotopic (exact) mass is 228 g/mol. The quantitative estimate of drug-likeness (QED) is 0.536. The van der Waals surface area contributed by atoms with E-state index in [0.717, 1.165) is 0 Å². The molecular weight excluding hydrogens is 212 g/mol. The second-order valence-corrected chi connectivity index (χ2v) is 3.28. The van der Waals surface area contributed by atoms with Crippen LogP contribution < -0.4 is 10.6 Å². The van der Waals surface area contributed by atoms with E-state index < -0.39 is 24.5 Å². The van der Waals surface area contributed by atoms with E-state index in [-0.39, 0.29) is 6.04 Å². The zero-order chi connectivity index (χ0) is 12.6. The molecule has 0 aromatic carbocycles. The average molecular weight is 228 g/mol. The van der Waals surface area contributed by atoms with Gasteiger partial charge in [-0.3, -0.25) is 10.1 Å².